The molecule has 2 N–H and O–H groups in total. The first-order valence-electron chi connectivity index (χ1n) is 6.66. The van der Waals surface area contributed by atoms with E-state index in [0.29, 0.717) is 6.04 Å². The second-order valence-corrected chi connectivity index (χ2v) is 5.25. The zero-order valence-corrected chi connectivity index (χ0v) is 12.2. The number of fused-ring (bicyclic) bond motifs is 1. The number of hydrogen-bond acceptors (Lipinski definition) is 3. The third-order valence-corrected chi connectivity index (χ3v) is 3.41. The molecule has 1 atom stereocenters. The summed E-state index contributed by atoms with van der Waals surface area (Å²) in [7, 11) is 1.98. The normalized spacial score (nSPS) is 12.6. The summed E-state index contributed by atoms with van der Waals surface area (Å²) < 4.78 is 0. The third-order valence-electron chi connectivity index (χ3n) is 3.17. The molecule has 0 fully saturated rings. The summed E-state index contributed by atoms with van der Waals surface area (Å²) in [6, 6.07) is 8.28. The van der Waals surface area contributed by atoms with Crippen molar-refractivity contribution >= 4 is 28.2 Å². The molecule has 1 heterocycles. The van der Waals surface area contributed by atoms with Crippen LogP contribution in [0.15, 0.2) is 30.5 Å². The fraction of sp³-hybridized carbons (Fsp3) is 0.400. The summed E-state index contributed by atoms with van der Waals surface area (Å²) in [6.07, 6.45) is 4.12. The topological polar surface area (TPSA) is 37.0 Å². The van der Waals surface area contributed by atoms with Gasteiger partial charge in [0.1, 0.15) is 0 Å². The number of hydrogen-bond donors (Lipinski definition) is 2. The molecule has 2 aromatic rings. The summed E-state index contributed by atoms with van der Waals surface area (Å²) in [5.41, 5.74) is 2.05. The Labute approximate surface area is 119 Å². The molecule has 0 amide bonds. The molecule has 0 radical (unpaired) electrons. The number of halogens is 1. The molecule has 0 aliphatic carbocycles. The van der Waals surface area contributed by atoms with Crippen LogP contribution in [-0.2, 0) is 0 Å². The summed E-state index contributed by atoms with van der Waals surface area (Å²) in [5.74, 6) is 0. The maximum absolute atomic E-state index is 5.99. The molecular weight excluding hydrogens is 258 g/mol. The Morgan fingerprint density at radius 1 is 1.32 bits per heavy atom. The van der Waals surface area contributed by atoms with Gasteiger partial charge in [0.05, 0.1) is 5.52 Å². The van der Waals surface area contributed by atoms with E-state index in [1.54, 1.807) is 0 Å². The first-order chi connectivity index (χ1) is 9.20. The van der Waals surface area contributed by atoms with E-state index in [1.165, 1.54) is 6.42 Å². The third kappa shape index (κ3) is 3.82. The number of pyridine rings is 1. The average Bonchev–Trinajstić information content (AvgIpc) is 2.39. The van der Waals surface area contributed by atoms with Crippen molar-refractivity contribution in [2.24, 2.45) is 0 Å². The smallest absolute Gasteiger partial charge is 0.0737 e. The lowest BCUT2D eigenvalue weighted by molar-refractivity contribution is 0.625. The minimum atomic E-state index is 0.439. The van der Waals surface area contributed by atoms with Gasteiger partial charge in [-0.2, -0.15) is 0 Å². The van der Waals surface area contributed by atoms with Gasteiger partial charge in [-0.25, -0.2) is 0 Å². The van der Waals surface area contributed by atoms with Crippen molar-refractivity contribution in [2.75, 3.05) is 18.9 Å². The highest BCUT2D eigenvalue weighted by molar-refractivity contribution is 6.31. The van der Waals surface area contributed by atoms with Gasteiger partial charge in [0, 0.05) is 28.3 Å². The van der Waals surface area contributed by atoms with Gasteiger partial charge in [0.15, 0.2) is 0 Å². The van der Waals surface area contributed by atoms with Crippen LogP contribution in [0.25, 0.3) is 10.9 Å². The van der Waals surface area contributed by atoms with Gasteiger partial charge in [-0.05, 0) is 57.6 Å². The van der Waals surface area contributed by atoms with Crippen LogP contribution in [0.1, 0.15) is 19.8 Å². The van der Waals surface area contributed by atoms with Gasteiger partial charge in [0.25, 0.3) is 0 Å². The number of nitrogens with one attached hydrogen (secondary N) is 2. The molecule has 0 aliphatic heterocycles. The Hall–Kier alpha value is -1.32. The van der Waals surface area contributed by atoms with E-state index >= 15 is 0 Å². The molecule has 0 bridgehead atoms. The maximum atomic E-state index is 5.99. The number of aromatic nitrogens is 1. The minimum absolute atomic E-state index is 0.439. The van der Waals surface area contributed by atoms with E-state index < -0.39 is 0 Å². The van der Waals surface area contributed by atoms with Crippen LogP contribution >= 0.6 is 11.6 Å². The molecule has 3 nitrogen and oxygen atoms in total. The van der Waals surface area contributed by atoms with Gasteiger partial charge in [-0.15, -0.1) is 0 Å². The van der Waals surface area contributed by atoms with E-state index in [0.717, 1.165) is 34.6 Å². The lowest BCUT2D eigenvalue weighted by atomic mass is 10.1. The van der Waals surface area contributed by atoms with Crippen molar-refractivity contribution in [1.82, 2.24) is 10.3 Å². The lowest BCUT2D eigenvalue weighted by Gasteiger charge is -2.16. The SMILES string of the molecule is CNCCC[C@@H](C)Nc1ccnc2cc(Cl)ccc12. The Morgan fingerprint density at radius 2 is 2.16 bits per heavy atom. The summed E-state index contributed by atoms with van der Waals surface area (Å²) in [5, 5.41) is 8.56. The molecule has 0 unspecified atom stereocenters. The Kier molecular flexibility index (Phi) is 5.00. The fourth-order valence-corrected chi connectivity index (χ4v) is 2.34. The highest BCUT2D eigenvalue weighted by atomic mass is 35.5. The molecule has 0 saturated heterocycles. The number of benzene rings is 1. The number of rotatable bonds is 6. The summed E-state index contributed by atoms with van der Waals surface area (Å²) in [4.78, 5) is 4.35. The van der Waals surface area contributed by atoms with E-state index in [-0.39, 0.29) is 0 Å². The summed E-state index contributed by atoms with van der Waals surface area (Å²) >= 11 is 5.99. The molecule has 0 aliphatic rings. The molecule has 19 heavy (non-hydrogen) atoms. The van der Waals surface area contributed by atoms with Gasteiger partial charge >= 0.3 is 0 Å². The van der Waals surface area contributed by atoms with Crippen LogP contribution < -0.4 is 10.6 Å². The molecule has 102 valence electrons. The van der Waals surface area contributed by atoms with Gasteiger partial charge in [0.2, 0.25) is 0 Å². The zero-order valence-electron chi connectivity index (χ0n) is 11.4. The van der Waals surface area contributed by atoms with E-state index in [9.17, 15) is 0 Å². The first kappa shape index (κ1) is 14.1. The molecular formula is C15H20ClN3. The van der Waals surface area contributed by atoms with Crippen LogP contribution in [0, 0.1) is 0 Å². The first-order valence-corrected chi connectivity index (χ1v) is 7.04. The monoisotopic (exact) mass is 277 g/mol. The van der Waals surface area contributed by atoms with Crippen molar-refractivity contribution < 1.29 is 0 Å². The highest BCUT2D eigenvalue weighted by Crippen LogP contribution is 2.25. The molecule has 0 saturated carbocycles. The van der Waals surface area contributed by atoms with E-state index in [2.05, 4.69) is 22.5 Å². The quantitative estimate of drug-likeness (QED) is 0.791. The number of nitrogens with zero attached hydrogens (tertiary/aromatic N) is 1. The van der Waals surface area contributed by atoms with Gasteiger partial charge in [-0.1, -0.05) is 11.6 Å². The second-order valence-electron chi connectivity index (χ2n) is 4.81. The maximum Gasteiger partial charge on any atom is 0.0737 e. The average molecular weight is 278 g/mol. The molecule has 1 aromatic carbocycles. The predicted molar refractivity (Wildman–Crippen MR) is 83.0 cm³/mol. The Bertz CT molecular complexity index is 542. The van der Waals surface area contributed by atoms with Crippen LogP contribution in [0.5, 0.6) is 0 Å². The standard InChI is InChI=1S/C15H20ClN3/c1-11(4-3-8-17-2)19-14-7-9-18-15-10-12(16)5-6-13(14)15/h5-7,9-11,17H,3-4,8H2,1-2H3,(H,18,19)/t11-/m1/s1. The Morgan fingerprint density at radius 3 is 2.95 bits per heavy atom. The highest BCUT2D eigenvalue weighted by Gasteiger charge is 2.06. The fourth-order valence-electron chi connectivity index (χ4n) is 2.17. The molecule has 1 aromatic heterocycles. The number of anilines is 1. The zero-order chi connectivity index (χ0) is 13.7. The predicted octanol–water partition coefficient (Wildman–Crippen LogP) is 3.69. The minimum Gasteiger partial charge on any atom is -0.382 e. The molecule has 2 rings (SSSR count). The van der Waals surface area contributed by atoms with Crippen LogP contribution in [0.4, 0.5) is 5.69 Å². The van der Waals surface area contributed by atoms with Crippen molar-refractivity contribution in [1.29, 1.82) is 0 Å². The van der Waals surface area contributed by atoms with E-state index in [4.69, 9.17) is 11.6 Å². The van der Waals surface area contributed by atoms with E-state index in [1.807, 2.05) is 37.5 Å². The van der Waals surface area contributed by atoms with Crippen molar-refractivity contribution in [3.8, 4) is 0 Å². The van der Waals surface area contributed by atoms with Gasteiger partial charge in [-0.3, -0.25) is 4.98 Å². The van der Waals surface area contributed by atoms with Crippen LogP contribution in [-0.4, -0.2) is 24.6 Å². The van der Waals surface area contributed by atoms with Crippen LogP contribution in [0.3, 0.4) is 0 Å². The van der Waals surface area contributed by atoms with Crippen molar-refractivity contribution in [3.05, 3.63) is 35.5 Å². The Balaban J connectivity index is 2.12. The second kappa shape index (κ2) is 6.73. The lowest BCUT2D eigenvalue weighted by Crippen LogP contribution is -2.18. The van der Waals surface area contributed by atoms with Crippen LogP contribution in [0.2, 0.25) is 5.02 Å². The summed E-state index contributed by atoms with van der Waals surface area (Å²) in [6.45, 7) is 3.26. The van der Waals surface area contributed by atoms with Crippen molar-refractivity contribution in [2.45, 2.75) is 25.8 Å². The van der Waals surface area contributed by atoms with Crippen molar-refractivity contribution in [3.63, 3.8) is 0 Å². The molecule has 0 spiro atoms. The van der Waals surface area contributed by atoms with Gasteiger partial charge < -0.3 is 10.6 Å². The largest absolute Gasteiger partial charge is 0.382 e. The molecule has 4 heteroatoms.